The molecule has 1 aromatic carbocycles. The highest BCUT2D eigenvalue weighted by atomic mass is 16.3. The third-order valence-corrected chi connectivity index (χ3v) is 3.01. The fourth-order valence-electron chi connectivity index (χ4n) is 2.12. The number of carbonyl (C=O) groups is 1. The van der Waals surface area contributed by atoms with Gasteiger partial charge in [0.15, 0.2) is 0 Å². The van der Waals surface area contributed by atoms with Gasteiger partial charge < -0.3 is 15.7 Å². The topological polar surface area (TPSA) is 61.4 Å². The number of aliphatic hydroxyl groups is 1. The molecular formula is C13H18N2O2. The van der Waals surface area contributed by atoms with E-state index in [2.05, 4.69) is 16.7 Å². The van der Waals surface area contributed by atoms with E-state index in [0.717, 1.165) is 30.6 Å². The summed E-state index contributed by atoms with van der Waals surface area (Å²) in [4.78, 5) is 12.0. The Kier molecular flexibility index (Phi) is 4.12. The van der Waals surface area contributed by atoms with Gasteiger partial charge in [-0.1, -0.05) is 12.1 Å². The van der Waals surface area contributed by atoms with Crippen molar-refractivity contribution in [3.63, 3.8) is 0 Å². The highest BCUT2D eigenvalue weighted by Gasteiger charge is 2.16. The Morgan fingerprint density at radius 2 is 2.35 bits per heavy atom. The van der Waals surface area contributed by atoms with Gasteiger partial charge in [0.25, 0.3) is 5.91 Å². The number of nitrogens with one attached hydrogen (secondary N) is 2. The summed E-state index contributed by atoms with van der Waals surface area (Å²) in [7, 11) is 0. The van der Waals surface area contributed by atoms with Crippen LogP contribution in [0.1, 0.15) is 27.9 Å². The zero-order valence-corrected chi connectivity index (χ0v) is 9.83. The van der Waals surface area contributed by atoms with Crippen molar-refractivity contribution in [2.75, 3.05) is 19.7 Å². The number of carbonyl (C=O) groups excluding carboxylic acids is 1. The van der Waals surface area contributed by atoms with E-state index in [0.29, 0.717) is 13.0 Å². The van der Waals surface area contributed by atoms with Gasteiger partial charge in [-0.25, -0.2) is 0 Å². The summed E-state index contributed by atoms with van der Waals surface area (Å²) in [6, 6.07) is 5.86. The lowest BCUT2D eigenvalue weighted by atomic mass is 9.95. The maximum absolute atomic E-state index is 12.0. The molecule has 0 aromatic heterocycles. The van der Waals surface area contributed by atoms with Gasteiger partial charge in [-0.15, -0.1) is 0 Å². The van der Waals surface area contributed by atoms with E-state index in [1.165, 1.54) is 5.56 Å². The maximum atomic E-state index is 12.0. The van der Waals surface area contributed by atoms with Crippen LogP contribution in [0.5, 0.6) is 0 Å². The van der Waals surface area contributed by atoms with Crippen LogP contribution in [0.25, 0.3) is 0 Å². The normalized spacial score (nSPS) is 14.2. The van der Waals surface area contributed by atoms with Crippen LogP contribution in [-0.2, 0) is 13.0 Å². The Labute approximate surface area is 101 Å². The van der Waals surface area contributed by atoms with Gasteiger partial charge in [-0.05, 0) is 36.6 Å². The Balaban J connectivity index is 2.12. The molecule has 0 fully saturated rings. The van der Waals surface area contributed by atoms with Gasteiger partial charge in [0.1, 0.15) is 0 Å². The number of amides is 1. The van der Waals surface area contributed by atoms with Crippen molar-refractivity contribution < 1.29 is 9.90 Å². The van der Waals surface area contributed by atoms with Crippen molar-refractivity contribution in [2.24, 2.45) is 0 Å². The summed E-state index contributed by atoms with van der Waals surface area (Å²) in [6.07, 6.45) is 1.50. The Bertz CT molecular complexity index is 404. The minimum atomic E-state index is -0.0304. The van der Waals surface area contributed by atoms with Gasteiger partial charge >= 0.3 is 0 Å². The Morgan fingerprint density at radius 3 is 3.18 bits per heavy atom. The molecule has 3 N–H and O–H groups in total. The van der Waals surface area contributed by atoms with Crippen LogP contribution in [0.15, 0.2) is 18.2 Å². The second kappa shape index (κ2) is 5.80. The van der Waals surface area contributed by atoms with Crippen molar-refractivity contribution in [3.05, 3.63) is 34.9 Å². The van der Waals surface area contributed by atoms with Crippen LogP contribution >= 0.6 is 0 Å². The molecule has 0 atom stereocenters. The summed E-state index contributed by atoms with van der Waals surface area (Å²) in [5, 5.41) is 14.8. The van der Waals surface area contributed by atoms with Crippen LogP contribution in [0, 0.1) is 0 Å². The number of benzene rings is 1. The van der Waals surface area contributed by atoms with Crippen molar-refractivity contribution in [3.8, 4) is 0 Å². The SMILES string of the molecule is O=C(NCCCO)c1cccc2c1CCNC2. The summed E-state index contributed by atoms with van der Waals surface area (Å²) < 4.78 is 0. The van der Waals surface area contributed by atoms with Crippen LogP contribution in [-0.4, -0.2) is 30.7 Å². The largest absolute Gasteiger partial charge is 0.396 e. The van der Waals surface area contributed by atoms with E-state index in [4.69, 9.17) is 5.11 Å². The third-order valence-electron chi connectivity index (χ3n) is 3.01. The number of aliphatic hydroxyl groups excluding tert-OH is 1. The molecule has 2 rings (SSSR count). The second-order valence-corrected chi connectivity index (χ2v) is 4.20. The first kappa shape index (κ1) is 12.1. The first-order chi connectivity index (χ1) is 8.33. The molecule has 0 unspecified atom stereocenters. The molecule has 0 spiro atoms. The van der Waals surface area contributed by atoms with Gasteiger partial charge in [0.2, 0.25) is 0 Å². The molecule has 92 valence electrons. The number of fused-ring (bicyclic) bond motifs is 1. The van der Waals surface area contributed by atoms with E-state index >= 15 is 0 Å². The Hall–Kier alpha value is -1.39. The van der Waals surface area contributed by atoms with Gasteiger partial charge in [-0.3, -0.25) is 4.79 Å². The molecule has 1 amide bonds. The zero-order valence-electron chi connectivity index (χ0n) is 9.83. The molecule has 1 aliphatic heterocycles. The molecule has 1 aliphatic rings. The average Bonchev–Trinajstić information content (AvgIpc) is 2.38. The van der Waals surface area contributed by atoms with Crippen LogP contribution in [0.4, 0.5) is 0 Å². The monoisotopic (exact) mass is 234 g/mol. The molecule has 1 aromatic rings. The number of hydrogen-bond donors (Lipinski definition) is 3. The molecule has 0 radical (unpaired) electrons. The second-order valence-electron chi connectivity index (χ2n) is 4.20. The predicted octanol–water partition coefficient (Wildman–Crippen LogP) is 0.444. The van der Waals surface area contributed by atoms with E-state index < -0.39 is 0 Å². The number of hydrogen-bond acceptors (Lipinski definition) is 3. The standard InChI is InChI=1S/C13H18N2O2/c16-8-2-6-15-13(17)12-4-1-3-10-9-14-7-5-11(10)12/h1,3-4,14,16H,2,5-9H2,(H,15,17). The van der Waals surface area contributed by atoms with Crippen molar-refractivity contribution in [1.82, 2.24) is 10.6 Å². The maximum Gasteiger partial charge on any atom is 0.251 e. The highest BCUT2D eigenvalue weighted by Crippen LogP contribution is 2.18. The van der Waals surface area contributed by atoms with E-state index in [1.54, 1.807) is 0 Å². The van der Waals surface area contributed by atoms with Crippen LogP contribution in [0.2, 0.25) is 0 Å². The lowest BCUT2D eigenvalue weighted by molar-refractivity contribution is 0.0950. The molecule has 0 saturated heterocycles. The van der Waals surface area contributed by atoms with E-state index in [-0.39, 0.29) is 12.5 Å². The molecule has 0 aliphatic carbocycles. The van der Waals surface area contributed by atoms with Crippen LogP contribution in [0.3, 0.4) is 0 Å². The molecule has 0 saturated carbocycles. The first-order valence-electron chi connectivity index (χ1n) is 6.03. The highest BCUT2D eigenvalue weighted by molar-refractivity contribution is 5.96. The molecular weight excluding hydrogens is 216 g/mol. The summed E-state index contributed by atoms with van der Waals surface area (Å²) in [6.45, 7) is 2.40. The molecule has 1 heterocycles. The fourth-order valence-corrected chi connectivity index (χ4v) is 2.12. The van der Waals surface area contributed by atoms with E-state index in [9.17, 15) is 4.79 Å². The minimum Gasteiger partial charge on any atom is -0.396 e. The van der Waals surface area contributed by atoms with Crippen molar-refractivity contribution in [2.45, 2.75) is 19.4 Å². The van der Waals surface area contributed by atoms with Crippen molar-refractivity contribution >= 4 is 5.91 Å². The summed E-state index contributed by atoms with van der Waals surface area (Å²) >= 11 is 0. The van der Waals surface area contributed by atoms with E-state index in [1.807, 2.05) is 12.1 Å². The lowest BCUT2D eigenvalue weighted by Gasteiger charge is -2.19. The molecule has 4 nitrogen and oxygen atoms in total. The smallest absolute Gasteiger partial charge is 0.251 e. The van der Waals surface area contributed by atoms with Crippen LogP contribution < -0.4 is 10.6 Å². The third kappa shape index (κ3) is 2.84. The molecule has 17 heavy (non-hydrogen) atoms. The summed E-state index contributed by atoms with van der Waals surface area (Å²) in [5.41, 5.74) is 3.15. The fraction of sp³-hybridized carbons (Fsp3) is 0.462. The molecule has 4 heteroatoms. The first-order valence-corrected chi connectivity index (χ1v) is 6.03. The number of rotatable bonds is 4. The quantitative estimate of drug-likeness (QED) is 0.663. The predicted molar refractivity (Wildman–Crippen MR) is 65.9 cm³/mol. The van der Waals surface area contributed by atoms with Gasteiger partial charge in [0.05, 0.1) is 0 Å². The van der Waals surface area contributed by atoms with Gasteiger partial charge in [-0.2, -0.15) is 0 Å². The molecule has 0 bridgehead atoms. The zero-order chi connectivity index (χ0) is 12.1. The lowest BCUT2D eigenvalue weighted by Crippen LogP contribution is -2.30. The minimum absolute atomic E-state index is 0.0304. The van der Waals surface area contributed by atoms with Gasteiger partial charge in [0, 0.05) is 25.3 Å². The summed E-state index contributed by atoms with van der Waals surface area (Å²) in [5.74, 6) is -0.0304. The van der Waals surface area contributed by atoms with Crippen molar-refractivity contribution in [1.29, 1.82) is 0 Å². The average molecular weight is 234 g/mol. The Morgan fingerprint density at radius 1 is 1.47 bits per heavy atom.